The Bertz CT molecular complexity index is 1100. The minimum atomic E-state index is -0.205. The van der Waals surface area contributed by atoms with Crippen molar-refractivity contribution in [2.45, 2.75) is 32.1 Å². The molecule has 2 N–H and O–H groups in total. The van der Waals surface area contributed by atoms with Crippen LogP contribution in [0.1, 0.15) is 28.7 Å². The molecule has 0 radical (unpaired) electrons. The number of hydrogen-bond donors (Lipinski definition) is 2. The van der Waals surface area contributed by atoms with Gasteiger partial charge in [-0.15, -0.1) is 10.2 Å². The van der Waals surface area contributed by atoms with Gasteiger partial charge in [0.05, 0.1) is 22.3 Å². The molecular weight excluding hydrogens is 457 g/mol. The molecule has 0 unspecified atom stereocenters. The van der Waals surface area contributed by atoms with Crippen LogP contribution in [0.3, 0.4) is 0 Å². The summed E-state index contributed by atoms with van der Waals surface area (Å²) in [4.78, 5) is 24.7. The maximum Gasteiger partial charge on any atom is 0.251 e. The summed E-state index contributed by atoms with van der Waals surface area (Å²) in [7, 11) is 0. The summed E-state index contributed by atoms with van der Waals surface area (Å²) in [6.07, 6.45) is 0. The zero-order valence-corrected chi connectivity index (χ0v) is 19.3. The highest BCUT2D eigenvalue weighted by molar-refractivity contribution is 7.99. The molecule has 0 saturated heterocycles. The van der Waals surface area contributed by atoms with Crippen LogP contribution in [0, 0.1) is 6.92 Å². The van der Waals surface area contributed by atoms with E-state index < -0.39 is 0 Å². The van der Waals surface area contributed by atoms with Crippen molar-refractivity contribution in [3.63, 3.8) is 0 Å². The van der Waals surface area contributed by atoms with Gasteiger partial charge in [0.15, 0.2) is 11.0 Å². The van der Waals surface area contributed by atoms with Crippen molar-refractivity contribution in [2.75, 3.05) is 11.1 Å². The molecule has 0 aliphatic carbocycles. The third-order valence-electron chi connectivity index (χ3n) is 4.44. The largest absolute Gasteiger partial charge is 0.345 e. The predicted molar refractivity (Wildman–Crippen MR) is 124 cm³/mol. The van der Waals surface area contributed by atoms with Gasteiger partial charge in [-0.1, -0.05) is 53.2 Å². The van der Waals surface area contributed by atoms with Crippen molar-refractivity contribution < 1.29 is 9.59 Å². The summed E-state index contributed by atoms with van der Waals surface area (Å²) in [5.74, 6) is 0.396. The van der Waals surface area contributed by atoms with E-state index in [0.717, 1.165) is 5.56 Å². The number of aryl methyl sites for hydroxylation is 1. The first kappa shape index (κ1) is 23.1. The zero-order chi connectivity index (χ0) is 22.4. The number of benzene rings is 2. The molecule has 3 aromatic rings. The molecule has 31 heavy (non-hydrogen) atoms. The number of thioether (sulfide) groups is 1. The second kappa shape index (κ2) is 10.7. The Balaban J connectivity index is 1.58. The smallest absolute Gasteiger partial charge is 0.251 e. The van der Waals surface area contributed by atoms with E-state index in [1.54, 1.807) is 24.3 Å². The van der Waals surface area contributed by atoms with E-state index in [2.05, 4.69) is 20.8 Å². The number of nitrogens with one attached hydrogen (secondary N) is 2. The Kier molecular flexibility index (Phi) is 7.95. The minimum Gasteiger partial charge on any atom is -0.345 e. The molecule has 162 valence electrons. The van der Waals surface area contributed by atoms with Crippen LogP contribution >= 0.6 is 35.0 Å². The second-order valence-electron chi connectivity index (χ2n) is 6.61. The van der Waals surface area contributed by atoms with Crippen LogP contribution in [0.15, 0.2) is 47.6 Å². The van der Waals surface area contributed by atoms with Crippen LogP contribution in [-0.4, -0.2) is 32.3 Å². The number of nitrogens with zero attached hydrogens (tertiary/aromatic N) is 3. The maximum absolute atomic E-state index is 12.4. The highest BCUT2D eigenvalue weighted by atomic mass is 35.5. The summed E-state index contributed by atoms with van der Waals surface area (Å²) in [6.45, 7) is 4.69. The minimum absolute atomic E-state index is 0.147. The number of halogens is 2. The molecule has 0 aliphatic heterocycles. The Morgan fingerprint density at radius 1 is 1.10 bits per heavy atom. The van der Waals surface area contributed by atoms with Crippen molar-refractivity contribution in [1.29, 1.82) is 0 Å². The number of carbonyl (C=O) groups excluding carboxylic acids is 2. The van der Waals surface area contributed by atoms with Crippen molar-refractivity contribution in [2.24, 2.45) is 0 Å². The van der Waals surface area contributed by atoms with Crippen molar-refractivity contribution in [1.82, 2.24) is 20.1 Å². The lowest BCUT2D eigenvalue weighted by atomic mass is 10.1. The van der Waals surface area contributed by atoms with Crippen molar-refractivity contribution in [3.8, 4) is 0 Å². The molecule has 7 nitrogen and oxygen atoms in total. The fourth-order valence-electron chi connectivity index (χ4n) is 2.86. The van der Waals surface area contributed by atoms with Gasteiger partial charge < -0.3 is 15.2 Å². The SMILES string of the molecule is CCn1c(CNC(=O)c2ccccc2C)nnc1SCC(=O)Nc1ccc(Cl)c(Cl)c1. The monoisotopic (exact) mass is 477 g/mol. The van der Waals surface area contributed by atoms with Crippen LogP contribution in [0.25, 0.3) is 0 Å². The molecule has 2 amide bonds. The van der Waals surface area contributed by atoms with E-state index in [9.17, 15) is 9.59 Å². The fraction of sp³-hybridized carbons (Fsp3) is 0.238. The number of carbonyl (C=O) groups is 2. The predicted octanol–water partition coefficient (Wildman–Crippen LogP) is 4.57. The molecule has 0 bridgehead atoms. The highest BCUT2D eigenvalue weighted by Gasteiger charge is 2.15. The first-order valence-electron chi connectivity index (χ1n) is 9.52. The zero-order valence-electron chi connectivity index (χ0n) is 17.0. The van der Waals surface area contributed by atoms with E-state index in [1.807, 2.05) is 36.6 Å². The topological polar surface area (TPSA) is 88.9 Å². The number of rotatable bonds is 8. The lowest BCUT2D eigenvalue weighted by molar-refractivity contribution is -0.113. The molecule has 10 heteroatoms. The summed E-state index contributed by atoms with van der Waals surface area (Å²) in [5, 5.41) is 15.4. The third kappa shape index (κ3) is 6.00. The molecule has 3 rings (SSSR count). The van der Waals surface area contributed by atoms with Gasteiger partial charge in [-0.2, -0.15) is 0 Å². The summed E-state index contributed by atoms with van der Waals surface area (Å²) in [5.41, 5.74) is 2.09. The average Bonchev–Trinajstić information content (AvgIpc) is 3.15. The maximum atomic E-state index is 12.4. The average molecular weight is 478 g/mol. The number of hydrogen-bond acceptors (Lipinski definition) is 5. The Hall–Kier alpha value is -2.55. The van der Waals surface area contributed by atoms with Gasteiger partial charge in [-0.05, 0) is 43.7 Å². The van der Waals surface area contributed by atoms with E-state index in [4.69, 9.17) is 23.2 Å². The Morgan fingerprint density at radius 3 is 2.58 bits per heavy atom. The quantitative estimate of drug-likeness (QED) is 0.463. The Labute approximate surface area is 194 Å². The molecule has 0 spiro atoms. The molecule has 1 aromatic heterocycles. The van der Waals surface area contributed by atoms with Gasteiger partial charge in [0.2, 0.25) is 5.91 Å². The summed E-state index contributed by atoms with van der Waals surface area (Å²) >= 11 is 13.1. The van der Waals surface area contributed by atoms with Crippen LogP contribution in [-0.2, 0) is 17.9 Å². The van der Waals surface area contributed by atoms with E-state index in [-0.39, 0.29) is 24.1 Å². The first-order valence-corrected chi connectivity index (χ1v) is 11.3. The number of aromatic nitrogens is 3. The van der Waals surface area contributed by atoms with Crippen molar-refractivity contribution in [3.05, 3.63) is 69.5 Å². The van der Waals surface area contributed by atoms with Gasteiger partial charge in [-0.25, -0.2) is 0 Å². The van der Waals surface area contributed by atoms with Crippen LogP contribution < -0.4 is 10.6 Å². The Morgan fingerprint density at radius 2 is 1.87 bits per heavy atom. The standard InChI is InChI=1S/C21H21Cl2N5O2S/c1-3-28-18(11-24-20(30)15-7-5-4-6-13(15)2)26-27-21(28)31-12-19(29)25-14-8-9-16(22)17(23)10-14/h4-10H,3,11-12H2,1-2H3,(H,24,30)(H,25,29). The third-order valence-corrected chi connectivity index (χ3v) is 6.15. The highest BCUT2D eigenvalue weighted by Crippen LogP contribution is 2.25. The van der Waals surface area contributed by atoms with Gasteiger partial charge in [0, 0.05) is 17.8 Å². The molecule has 0 saturated carbocycles. The van der Waals surface area contributed by atoms with E-state index in [0.29, 0.717) is 38.8 Å². The normalized spacial score (nSPS) is 10.7. The molecule has 0 fully saturated rings. The molecule has 1 heterocycles. The summed E-state index contributed by atoms with van der Waals surface area (Å²) in [6, 6.07) is 12.3. The second-order valence-corrected chi connectivity index (χ2v) is 8.36. The number of anilines is 1. The van der Waals surface area contributed by atoms with Crippen LogP contribution in [0.2, 0.25) is 10.0 Å². The van der Waals surface area contributed by atoms with E-state index >= 15 is 0 Å². The van der Waals surface area contributed by atoms with Crippen LogP contribution in [0.5, 0.6) is 0 Å². The number of amides is 2. The molecule has 0 atom stereocenters. The summed E-state index contributed by atoms with van der Waals surface area (Å²) < 4.78 is 1.87. The van der Waals surface area contributed by atoms with E-state index in [1.165, 1.54) is 11.8 Å². The fourth-order valence-corrected chi connectivity index (χ4v) is 3.98. The molecular formula is C21H21Cl2N5O2S. The van der Waals surface area contributed by atoms with Gasteiger partial charge in [0.25, 0.3) is 5.91 Å². The van der Waals surface area contributed by atoms with Crippen LogP contribution in [0.4, 0.5) is 5.69 Å². The lowest BCUT2D eigenvalue weighted by Gasteiger charge is -2.10. The van der Waals surface area contributed by atoms with Crippen molar-refractivity contribution >= 4 is 52.5 Å². The molecule has 0 aliphatic rings. The van der Waals surface area contributed by atoms with Gasteiger partial charge in [0.1, 0.15) is 0 Å². The first-order chi connectivity index (χ1) is 14.9. The van der Waals surface area contributed by atoms with Gasteiger partial charge in [-0.3, -0.25) is 9.59 Å². The molecule has 2 aromatic carbocycles. The lowest BCUT2D eigenvalue weighted by Crippen LogP contribution is -2.25. The van der Waals surface area contributed by atoms with Gasteiger partial charge >= 0.3 is 0 Å².